The molecule has 4 nitrogen and oxygen atoms in total. The van der Waals surface area contributed by atoms with Gasteiger partial charge in [0, 0.05) is 23.7 Å². The Morgan fingerprint density at radius 2 is 1.76 bits per heavy atom. The maximum absolute atomic E-state index is 13.4. The Kier molecular flexibility index (Phi) is 5.58. The average molecular weight is 390 g/mol. The minimum Gasteiger partial charge on any atom is -0.508 e. The van der Waals surface area contributed by atoms with Crippen molar-refractivity contribution in [2.24, 2.45) is 4.99 Å². The minimum atomic E-state index is -0.337. The molecule has 0 saturated carbocycles. The molecule has 0 radical (unpaired) electrons. The number of aliphatic imine (C=N–C) groups is 1. The first kappa shape index (κ1) is 19.2. The molecule has 0 spiro atoms. The van der Waals surface area contributed by atoms with Crippen LogP contribution in [0, 0.1) is 5.82 Å². The number of nitrogens with one attached hydrogen (secondary N) is 1. The van der Waals surface area contributed by atoms with Gasteiger partial charge in [0.25, 0.3) is 0 Å². The largest absolute Gasteiger partial charge is 0.508 e. The summed E-state index contributed by atoms with van der Waals surface area (Å²) in [4.78, 5) is 4.89. The number of rotatable bonds is 5. The molecule has 0 saturated heterocycles. The lowest BCUT2D eigenvalue weighted by atomic mass is 9.93. The van der Waals surface area contributed by atoms with Gasteiger partial charge in [-0.2, -0.15) is 0 Å². The first-order valence-corrected chi connectivity index (χ1v) is 9.73. The molecule has 2 N–H and O–H groups in total. The highest BCUT2D eigenvalue weighted by molar-refractivity contribution is 6.01. The van der Waals surface area contributed by atoms with Gasteiger partial charge < -0.3 is 9.84 Å². The van der Waals surface area contributed by atoms with Gasteiger partial charge in [-0.3, -0.25) is 10.3 Å². The number of halogens is 1. The van der Waals surface area contributed by atoms with Crippen LogP contribution >= 0.6 is 0 Å². The molecule has 4 rings (SSSR count). The second-order valence-electron chi connectivity index (χ2n) is 6.97. The van der Waals surface area contributed by atoms with Crippen LogP contribution in [0.5, 0.6) is 11.5 Å². The third-order valence-electron chi connectivity index (χ3n) is 5.04. The highest BCUT2D eigenvalue weighted by atomic mass is 19.1. The average Bonchev–Trinajstić information content (AvgIpc) is 2.75. The molecular formula is C24H23FN2O2. The van der Waals surface area contributed by atoms with E-state index < -0.39 is 0 Å². The molecule has 148 valence electrons. The molecule has 0 fully saturated rings. The number of ether oxygens (including phenoxy) is 1. The Labute approximate surface area is 169 Å². The van der Waals surface area contributed by atoms with Crippen molar-refractivity contribution in [2.45, 2.75) is 25.6 Å². The SMILES string of the molecule is CCOc1ccc(C2=N[C@@H](c3ccc(F)cc3)N[C@H](c3ccccc3O)C2)cc1. The Balaban J connectivity index is 1.71. The summed E-state index contributed by atoms with van der Waals surface area (Å²) in [7, 11) is 0. The van der Waals surface area contributed by atoms with Crippen LogP contribution in [-0.2, 0) is 0 Å². The zero-order valence-electron chi connectivity index (χ0n) is 16.2. The van der Waals surface area contributed by atoms with E-state index in [0.717, 1.165) is 28.2 Å². The zero-order chi connectivity index (χ0) is 20.2. The van der Waals surface area contributed by atoms with E-state index in [1.807, 2.05) is 43.3 Å². The van der Waals surface area contributed by atoms with Crippen LogP contribution in [0.1, 0.15) is 42.2 Å². The van der Waals surface area contributed by atoms with Crippen LogP contribution in [0.15, 0.2) is 77.8 Å². The normalized spacial score (nSPS) is 18.9. The number of hydrogen-bond donors (Lipinski definition) is 2. The van der Waals surface area contributed by atoms with Crippen LogP contribution in [0.3, 0.4) is 0 Å². The van der Waals surface area contributed by atoms with Crippen LogP contribution in [0.2, 0.25) is 0 Å². The number of aromatic hydroxyl groups is 1. The van der Waals surface area contributed by atoms with E-state index in [1.54, 1.807) is 24.3 Å². The molecule has 0 unspecified atom stereocenters. The molecular weight excluding hydrogens is 367 g/mol. The molecule has 0 aromatic heterocycles. The predicted molar refractivity (Wildman–Crippen MR) is 112 cm³/mol. The van der Waals surface area contributed by atoms with E-state index in [0.29, 0.717) is 13.0 Å². The highest BCUT2D eigenvalue weighted by Gasteiger charge is 2.27. The minimum absolute atomic E-state index is 0.120. The van der Waals surface area contributed by atoms with Gasteiger partial charge in [0.15, 0.2) is 0 Å². The molecule has 3 aromatic carbocycles. The van der Waals surface area contributed by atoms with Crippen molar-refractivity contribution in [2.75, 3.05) is 6.61 Å². The summed E-state index contributed by atoms with van der Waals surface area (Å²) in [6.45, 7) is 2.57. The summed E-state index contributed by atoms with van der Waals surface area (Å²) in [5.74, 6) is 0.784. The smallest absolute Gasteiger partial charge is 0.126 e. The topological polar surface area (TPSA) is 53.8 Å². The van der Waals surface area contributed by atoms with Gasteiger partial charge in [-0.15, -0.1) is 0 Å². The van der Waals surface area contributed by atoms with Crippen molar-refractivity contribution in [3.05, 3.63) is 95.3 Å². The van der Waals surface area contributed by atoms with Crippen molar-refractivity contribution in [3.63, 3.8) is 0 Å². The fourth-order valence-electron chi connectivity index (χ4n) is 3.59. The third kappa shape index (κ3) is 4.30. The molecule has 29 heavy (non-hydrogen) atoms. The molecule has 0 aliphatic carbocycles. The van der Waals surface area contributed by atoms with Crippen molar-refractivity contribution in [3.8, 4) is 11.5 Å². The first-order valence-electron chi connectivity index (χ1n) is 9.73. The van der Waals surface area contributed by atoms with Gasteiger partial charge in [0.2, 0.25) is 0 Å². The van der Waals surface area contributed by atoms with E-state index >= 15 is 0 Å². The summed E-state index contributed by atoms with van der Waals surface area (Å²) in [5.41, 5.74) is 3.62. The Hall–Kier alpha value is -3.18. The van der Waals surface area contributed by atoms with Gasteiger partial charge in [-0.25, -0.2) is 4.39 Å². The first-order chi connectivity index (χ1) is 14.1. The monoisotopic (exact) mass is 390 g/mol. The Bertz CT molecular complexity index is 1000. The number of phenols is 1. The summed E-state index contributed by atoms with van der Waals surface area (Å²) >= 11 is 0. The molecule has 5 heteroatoms. The van der Waals surface area contributed by atoms with Gasteiger partial charge in [0.05, 0.1) is 6.61 Å². The maximum Gasteiger partial charge on any atom is 0.126 e. The number of benzene rings is 3. The number of phenolic OH excluding ortho intramolecular Hbond substituents is 1. The fourth-order valence-corrected chi connectivity index (χ4v) is 3.59. The van der Waals surface area contributed by atoms with Gasteiger partial charge in [-0.1, -0.05) is 30.3 Å². The van der Waals surface area contributed by atoms with Gasteiger partial charge in [0.1, 0.15) is 23.5 Å². The standard InChI is InChI=1S/C24H23FN2O2/c1-2-29-19-13-9-16(10-14-19)21-15-22(20-5-3-4-6-23(20)28)27-24(26-21)17-7-11-18(25)12-8-17/h3-14,22,24,27-28H,2,15H2,1H3/t22-,24+/m0/s1. The van der Waals surface area contributed by atoms with Crippen LogP contribution in [0.4, 0.5) is 4.39 Å². The summed E-state index contributed by atoms with van der Waals surface area (Å²) in [5, 5.41) is 13.8. The van der Waals surface area contributed by atoms with Crippen LogP contribution < -0.4 is 10.1 Å². The Morgan fingerprint density at radius 1 is 1.03 bits per heavy atom. The molecule has 1 aliphatic heterocycles. The molecule has 3 aromatic rings. The number of nitrogens with zero attached hydrogens (tertiary/aromatic N) is 1. The quantitative estimate of drug-likeness (QED) is 0.633. The Morgan fingerprint density at radius 3 is 2.45 bits per heavy atom. The predicted octanol–water partition coefficient (Wildman–Crippen LogP) is 5.15. The van der Waals surface area contributed by atoms with Gasteiger partial charge in [-0.05, 0) is 60.5 Å². The third-order valence-corrected chi connectivity index (χ3v) is 5.04. The number of hydrogen-bond acceptors (Lipinski definition) is 4. The molecule has 0 bridgehead atoms. The van der Waals surface area contributed by atoms with Crippen molar-refractivity contribution < 1.29 is 14.2 Å². The van der Waals surface area contributed by atoms with Crippen LogP contribution in [0.25, 0.3) is 0 Å². The maximum atomic E-state index is 13.4. The molecule has 0 amide bonds. The number of para-hydroxylation sites is 1. The van der Waals surface area contributed by atoms with E-state index in [-0.39, 0.29) is 23.8 Å². The summed E-state index contributed by atoms with van der Waals surface area (Å²) in [6, 6.07) is 21.4. The second-order valence-corrected chi connectivity index (χ2v) is 6.97. The summed E-state index contributed by atoms with van der Waals surface area (Å²) in [6.07, 6.45) is 0.291. The lowest BCUT2D eigenvalue weighted by molar-refractivity contribution is 0.340. The van der Waals surface area contributed by atoms with E-state index in [1.165, 1.54) is 12.1 Å². The fraction of sp³-hybridized carbons (Fsp3) is 0.208. The lowest BCUT2D eigenvalue weighted by Gasteiger charge is -2.31. The zero-order valence-corrected chi connectivity index (χ0v) is 16.2. The van der Waals surface area contributed by atoms with Crippen molar-refractivity contribution in [1.82, 2.24) is 5.32 Å². The van der Waals surface area contributed by atoms with E-state index in [4.69, 9.17) is 9.73 Å². The lowest BCUT2D eigenvalue weighted by Crippen LogP contribution is -2.33. The molecule has 2 atom stereocenters. The summed E-state index contributed by atoms with van der Waals surface area (Å²) < 4.78 is 18.9. The van der Waals surface area contributed by atoms with Crippen molar-refractivity contribution in [1.29, 1.82) is 0 Å². The van der Waals surface area contributed by atoms with Crippen molar-refractivity contribution >= 4 is 5.71 Å². The van der Waals surface area contributed by atoms with Crippen LogP contribution in [-0.4, -0.2) is 17.4 Å². The van der Waals surface area contributed by atoms with E-state index in [9.17, 15) is 9.50 Å². The molecule has 1 aliphatic rings. The van der Waals surface area contributed by atoms with E-state index in [2.05, 4.69) is 5.32 Å². The highest BCUT2D eigenvalue weighted by Crippen LogP contribution is 2.34. The van der Waals surface area contributed by atoms with Gasteiger partial charge >= 0.3 is 0 Å². The second kappa shape index (κ2) is 8.45. The molecule has 1 heterocycles.